The van der Waals surface area contributed by atoms with Crippen molar-refractivity contribution < 1.29 is 9.53 Å². The van der Waals surface area contributed by atoms with Gasteiger partial charge in [0.25, 0.3) is 0 Å². The topological polar surface area (TPSA) is 106 Å². The van der Waals surface area contributed by atoms with Crippen LogP contribution in [0.2, 0.25) is 0 Å². The smallest absolute Gasteiger partial charge is 0.350 e. The van der Waals surface area contributed by atoms with Gasteiger partial charge in [0.05, 0.1) is 18.3 Å². The van der Waals surface area contributed by atoms with Crippen LogP contribution in [-0.4, -0.2) is 51.7 Å². The molecule has 3 heterocycles. The molecule has 1 atom stereocenters. The van der Waals surface area contributed by atoms with Crippen molar-refractivity contribution in [3.63, 3.8) is 0 Å². The first-order valence-electron chi connectivity index (χ1n) is 9.43. The van der Waals surface area contributed by atoms with Gasteiger partial charge in [-0.25, -0.2) is 9.78 Å². The lowest BCUT2D eigenvalue weighted by atomic mass is 10.3. The van der Waals surface area contributed by atoms with E-state index in [4.69, 9.17) is 4.74 Å². The highest BCUT2D eigenvalue weighted by Gasteiger charge is 2.20. The van der Waals surface area contributed by atoms with Gasteiger partial charge in [0, 0.05) is 26.2 Å². The molecule has 3 aromatic rings. The van der Waals surface area contributed by atoms with Crippen LogP contribution < -0.4 is 10.6 Å². The number of hydrogen-bond donors (Lipinski definition) is 2. The van der Waals surface area contributed by atoms with E-state index in [9.17, 15) is 4.79 Å². The first-order chi connectivity index (χ1) is 14.0. The Balaban J connectivity index is 0.00000320. The summed E-state index contributed by atoms with van der Waals surface area (Å²) in [6.07, 6.45) is 2.65. The van der Waals surface area contributed by atoms with Crippen molar-refractivity contribution in [2.45, 2.75) is 33.2 Å². The SMILES string of the molecule is CCOC(=O)c1sc(C(C)NC(=NC)NCCc2nnc3ccccn23)nc1C.I. The van der Waals surface area contributed by atoms with Gasteiger partial charge in [0.1, 0.15) is 15.7 Å². The number of carbonyl (C=O) groups is 1. The Morgan fingerprint density at radius 1 is 1.37 bits per heavy atom. The highest BCUT2D eigenvalue weighted by molar-refractivity contribution is 14.0. The maximum absolute atomic E-state index is 12.0. The number of nitrogens with one attached hydrogen (secondary N) is 2. The number of aliphatic imine (C=N–C) groups is 1. The van der Waals surface area contributed by atoms with Crippen molar-refractivity contribution in [1.82, 2.24) is 30.2 Å². The molecule has 0 radical (unpaired) electrons. The maximum Gasteiger partial charge on any atom is 0.350 e. The Bertz CT molecular complexity index is 1020. The molecule has 0 aromatic carbocycles. The fourth-order valence-electron chi connectivity index (χ4n) is 2.80. The van der Waals surface area contributed by atoms with Crippen LogP contribution in [0, 0.1) is 6.92 Å². The fourth-order valence-corrected chi connectivity index (χ4v) is 3.77. The van der Waals surface area contributed by atoms with E-state index in [0.29, 0.717) is 36.1 Å². The number of aryl methyl sites for hydroxylation is 1. The van der Waals surface area contributed by atoms with Crippen molar-refractivity contribution >= 4 is 52.9 Å². The molecule has 0 amide bonds. The standard InChI is InChI=1S/C19H25N7O2S.HI/c1-5-28-18(27)16-12(2)22-17(29-16)13(3)23-19(20-4)21-10-9-15-25-24-14-8-6-7-11-26(14)15;/h6-8,11,13H,5,9-10H2,1-4H3,(H2,20,21,23);1H. The van der Waals surface area contributed by atoms with Crippen molar-refractivity contribution in [3.8, 4) is 0 Å². The second kappa shape index (κ2) is 11.2. The minimum atomic E-state index is -0.330. The summed E-state index contributed by atoms with van der Waals surface area (Å²) in [7, 11) is 1.71. The van der Waals surface area contributed by atoms with Crippen LogP contribution in [0.3, 0.4) is 0 Å². The number of thiazole rings is 1. The molecule has 3 rings (SSSR count). The molecule has 0 spiro atoms. The predicted molar refractivity (Wildman–Crippen MR) is 128 cm³/mol. The molecule has 0 aliphatic carbocycles. The zero-order chi connectivity index (χ0) is 20.8. The van der Waals surface area contributed by atoms with Crippen LogP contribution in [-0.2, 0) is 11.2 Å². The van der Waals surface area contributed by atoms with Crippen LogP contribution in [0.1, 0.15) is 46.1 Å². The predicted octanol–water partition coefficient (Wildman–Crippen LogP) is 2.76. The molecule has 0 aliphatic rings. The normalized spacial score (nSPS) is 12.3. The molecule has 0 bridgehead atoms. The summed E-state index contributed by atoms with van der Waals surface area (Å²) in [5.41, 5.74) is 1.51. The molecule has 2 N–H and O–H groups in total. The summed E-state index contributed by atoms with van der Waals surface area (Å²) in [4.78, 5) is 21.3. The Labute approximate surface area is 196 Å². The van der Waals surface area contributed by atoms with Gasteiger partial charge in [-0.2, -0.15) is 0 Å². The number of esters is 1. The molecular formula is C19H26IN7O2S. The number of guanidine groups is 1. The monoisotopic (exact) mass is 543 g/mol. The van der Waals surface area contributed by atoms with E-state index >= 15 is 0 Å². The zero-order valence-electron chi connectivity index (χ0n) is 17.4. The number of hydrogen-bond acceptors (Lipinski definition) is 7. The van der Waals surface area contributed by atoms with Gasteiger partial charge in [-0.1, -0.05) is 6.07 Å². The van der Waals surface area contributed by atoms with Crippen LogP contribution in [0.5, 0.6) is 0 Å². The average Bonchev–Trinajstić information content (AvgIpc) is 3.31. The first-order valence-corrected chi connectivity index (χ1v) is 10.2. The van der Waals surface area contributed by atoms with Crippen LogP contribution in [0.4, 0.5) is 0 Å². The third-order valence-corrected chi connectivity index (χ3v) is 5.57. The Hall–Kier alpha value is -2.28. The van der Waals surface area contributed by atoms with E-state index in [0.717, 1.165) is 16.5 Å². The lowest BCUT2D eigenvalue weighted by molar-refractivity contribution is 0.0531. The molecule has 162 valence electrons. The Morgan fingerprint density at radius 3 is 2.90 bits per heavy atom. The third kappa shape index (κ3) is 5.65. The minimum absolute atomic E-state index is 0. The molecule has 0 saturated carbocycles. The summed E-state index contributed by atoms with van der Waals surface area (Å²) in [5.74, 6) is 1.20. The highest BCUT2D eigenvalue weighted by atomic mass is 127. The number of carbonyl (C=O) groups excluding carboxylic acids is 1. The summed E-state index contributed by atoms with van der Waals surface area (Å²) < 4.78 is 7.05. The number of nitrogens with zero attached hydrogens (tertiary/aromatic N) is 5. The Kier molecular flexibility index (Phi) is 8.96. The van der Waals surface area contributed by atoms with Crippen LogP contribution in [0.15, 0.2) is 29.4 Å². The second-order valence-electron chi connectivity index (χ2n) is 6.35. The van der Waals surface area contributed by atoms with E-state index < -0.39 is 0 Å². The molecule has 3 aromatic heterocycles. The lowest BCUT2D eigenvalue weighted by Gasteiger charge is -2.16. The largest absolute Gasteiger partial charge is 0.462 e. The van der Waals surface area contributed by atoms with E-state index in [1.165, 1.54) is 11.3 Å². The van der Waals surface area contributed by atoms with Gasteiger partial charge in [-0.15, -0.1) is 45.5 Å². The van der Waals surface area contributed by atoms with Crippen molar-refractivity contribution in [3.05, 3.63) is 45.8 Å². The van der Waals surface area contributed by atoms with Gasteiger partial charge in [0.15, 0.2) is 11.6 Å². The third-order valence-electron chi connectivity index (χ3n) is 4.25. The molecular weight excluding hydrogens is 517 g/mol. The number of ether oxygens (including phenoxy) is 1. The van der Waals surface area contributed by atoms with Crippen molar-refractivity contribution in [1.29, 1.82) is 0 Å². The molecule has 11 heteroatoms. The summed E-state index contributed by atoms with van der Waals surface area (Å²) in [6, 6.07) is 5.71. The Morgan fingerprint density at radius 2 is 2.17 bits per heavy atom. The number of pyridine rings is 1. The van der Waals surface area contributed by atoms with Crippen molar-refractivity contribution in [2.24, 2.45) is 4.99 Å². The van der Waals surface area contributed by atoms with Gasteiger partial charge < -0.3 is 15.4 Å². The molecule has 0 aliphatic heterocycles. The van der Waals surface area contributed by atoms with Crippen LogP contribution in [0.25, 0.3) is 5.65 Å². The van der Waals surface area contributed by atoms with Gasteiger partial charge in [-0.05, 0) is 32.9 Å². The van der Waals surface area contributed by atoms with E-state index in [1.807, 2.05) is 42.6 Å². The summed E-state index contributed by atoms with van der Waals surface area (Å²) in [6.45, 7) is 6.57. The number of aromatic nitrogens is 4. The number of rotatable bonds is 7. The molecule has 1 unspecified atom stereocenters. The number of halogens is 1. The molecule has 0 fully saturated rings. The summed E-state index contributed by atoms with van der Waals surface area (Å²) >= 11 is 1.34. The van der Waals surface area contributed by atoms with Gasteiger partial charge in [-0.3, -0.25) is 9.39 Å². The quantitative estimate of drug-likeness (QED) is 0.204. The summed E-state index contributed by atoms with van der Waals surface area (Å²) in [5, 5.41) is 15.8. The van der Waals surface area contributed by atoms with E-state index in [-0.39, 0.29) is 36.0 Å². The average molecular weight is 543 g/mol. The zero-order valence-corrected chi connectivity index (χ0v) is 20.5. The first kappa shape index (κ1) is 24.0. The van der Waals surface area contributed by atoms with Gasteiger partial charge in [0.2, 0.25) is 0 Å². The van der Waals surface area contributed by atoms with Crippen LogP contribution >= 0.6 is 35.3 Å². The maximum atomic E-state index is 12.0. The lowest BCUT2D eigenvalue weighted by Crippen LogP contribution is -2.39. The fraction of sp³-hybridized carbons (Fsp3) is 0.421. The second-order valence-corrected chi connectivity index (χ2v) is 7.38. The number of fused-ring (bicyclic) bond motifs is 1. The molecule has 0 saturated heterocycles. The van der Waals surface area contributed by atoms with E-state index in [1.54, 1.807) is 14.0 Å². The minimum Gasteiger partial charge on any atom is -0.462 e. The van der Waals surface area contributed by atoms with Crippen molar-refractivity contribution in [2.75, 3.05) is 20.2 Å². The molecule has 30 heavy (non-hydrogen) atoms. The molecule has 9 nitrogen and oxygen atoms in total. The van der Waals surface area contributed by atoms with E-state index in [2.05, 4.69) is 30.8 Å². The highest BCUT2D eigenvalue weighted by Crippen LogP contribution is 2.24. The van der Waals surface area contributed by atoms with Gasteiger partial charge >= 0.3 is 5.97 Å².